The number of anilines is 1. The third-order valence-corrected chi connectivity index (χ3v) is 3.66. The van der Waals surface area contributed by atoms with Crippen LogP contribution in [0.5, 0.6) is 0 Å². The van der Waals surface area contributed by atoms with Crippen molar-refractivity contribution in [1.82, 2.24) is 9.55 Å². The summed E-state index contributed by atoms with van der Waals surface area (Å²) in [6, 6.07) is 5.61. The predicted molar refractivity (Wildman–Crippen MR) is 91.8 cm³/mol. The summed E-state index contributed by atoms with van der Waals surface area (Å²) in [5.41, 5.74) is 3.22. The van der Waals surface area contributed by atoms with Crippen LogP contribution in [0.2, 0.25) is 0 Å². The number of hydrogen-bond donors (Lipinski definition) is 2. The molecule has 1 heterocycles. The van der Waals surface area contributed by atoms with E-state index in [2.05, 4.69) is 10.3 Å². The zero-order valence-electron chi connectivity index (χ0n) is 13.6. The fourth-order valence-corrected chi connectivity index (χ4v) is 2.64. The molecule has 1 aliphatic rings. The van der Waals surface area contributed by atoms with Gasteiger partial charge in [0.05, 0.1) is 17.6 Å². The van der Waals surface area contributed by atoms with Crippen molar-refractivity contribution in [2.45, 2.75) is 33.8 Å². The Balaban J connectivity index is 2.05. The topological polar surface area (TPSA) is 67.2 Å². The Morgan fingerprint density at radius 1 is 1.35 bits per heavy atom. The van der Waals surface area contributed by atoms with Gasteiger partial charge in [0.15, 0.2) is 0 Å². The van der Waals surface area contributed by atoms with Crippen LogP contribution in [0.1, 0.15) is 32.8 Å². The summed E-state index contributed by atoms with van der Waals surface area (Å²) in [7, 11) is 0. The van der Waals surface area contributed by atoms with Crippen molar-refractivity contribution >= 4 is 28.6 Å². The van der Waals surface area contributed by atoms with Gasteiger partial charge in [0.1, 0.15) is 0 Å². The number of aromatic nitrogens is 2. The van der Waals surface area contributed by atoms with E-state index in [1.807, 2.05) is 61.8 Å². The molecule has 1 amide bonds. The van der Waals surface area contributed by atoms with Gasteiger partial charge in [-0.05, 0) is 23.6 Å². The van der Waals surface area contributed by atoms with Gasteiger partial charge < -0.3 is 5.11 Å². The molecule has 2 N–H and O–H groups in total. The number of nitrogens with one attached hydrogen (secondary N) is 1. The third-order valence-electron chi connectivity index (χ3n) is 3.66. The van der Waals surface area contributed by atoms with Crippen LogP contribution in [0, 0.1) is 5.41 Å². The molecule has 0 bridgehead atoms. The first-order valence-corrected chi connectivity index (χ1v) is 7.69. The first-order chi connectivity index (χ1) is 10.9. The maximum atomic E-state index is 12.3. The lowest BCUT2D eigenvalue weighted by atomic mass is 9.92. The number of carbonyl (C=O) groups excluding carboxylic acids is 1. The van der Waals surface area contributed by atoms with Gasteiger partial charge in [0, 0.05) is 17.7 Å². The first-order valence-electron chi connectivity index (χ1n) is 7.69. The van der Waals surface area contributed by atoms with Crippen molar-refractivity contribution < 1.29 is 9.90 Å². The molecule has 0 saturated carbocycles. The zero-order chi connectivity index (χ0) is 16.6. The Bertz CT molecular complexity index is 823. The number of rotatable bonds is 4. The number of allylic oxidation sites excluding steroid dienone is 4. The van der Waals surface area contributed by atoms with Gasteiger partial charge in [-0.25, -0.2) is 4.98 Å². The van der Waals surface area contributed by atoms with E-state index in [1.165, 1.54) is 0 Å². The van der Waals surface area contributed by atoms with Gasteiger partial charge in [0.25, 0.3) is 0 Å². The van der Waals surface area contributed by atoms with Gasteiger partial charge in [0.2, 0.25) is 11.9 Å². The average molecular weight is 311 g/mol. The summed E-state index contributed by atoms with van der Waals surface area (Å²) in [5.74, 6) is 0.425. The number of amides is 1. The number of carbonyl (C=O) groups is 1. The number of benzene rings is 1. The monoisotopic (exact) mass is 311 g/mol. The summed E-state index contributed by atoms with van der Waals surface area (Å²) in [6.45, 7) is 6.00. The predicted octanol–water partition coefficient (Wildman–Crippen LogP) is 3.31. The molecule has 0 saturated heterocycles. The van der Waals surface area contributed by atoms with Crippen molar-refractivity contribution in [3.05, 3.63) is 42.0 Å². The van der Waals surface area contributed by atoms with Crippen LogP contribution in [-0.4, -0.2) is 20.6 Å². The molecule has 0 aliphatic heterocycles. The van der Waals surface area contributed by atoms with Gasteiger partial charge in [-0.2, -0.15) is 0 Å². The summed E-state index contributed by atoms with van der Waals surface area (Å²) < 4.78 is 1.89. The molecule has 0 atom stereocenters. The van der Waals surface area contributed by atoms with Crippen LogP contribution in [0.25, 0.3) is 16.7 Å². The fraction of sp³-hybridized carbons (Fsp3) is 0.333. The summed E-state index contributed by atoms with van der Waals surface area (Å²) in [6.07, 6.45) is 6.25. The fourth-order valence-electron chi connectivity index (χ4n) is 2.64. The Morgan fingerprint density at radius 3 is 2.65 bits per heavy atom. The first kappa shape index (κ1) is 15.5. The Kier molecular flexibility index (Phi) is 3.82. The van der Waals surface area contributed by atoms with Crippen molar-refractivity contribution in [2.75, 3.05) is 5.32 Å². The molecule has 0 fully saturated rings. The highest BCUT2D eigenvalue weighted by Crippen LogP contribution is 2.30. The highest BCUT2D eigenvalue weighted by atomic mass is 16.3. The number of hydrogen-bond acceptors (Lipinski definition) is 3. The van der Waals surface area contributed by atoms with E-state index in [0.717, 1.165) is 22.3 Å². The van der Waals surface area contributed by atoms with Crippen molar-refractivity contribution in [1.29, 1.82) is 0 Å². The summed E-state index contributed by atoms with van der Waals surface area (Å²) >= 11 is 0. The normalized spacial score (nSPS) is 13.8. The molecule has 0 radical (unpaired) electrons. The Morgan fingerprint density at radius 2 is 2.09 bits per heavy atom. The van der Waals surface area contributed by atoms with Crippen molar-refractivity contribution in [3.8, 4) is 0 Å². The molecule has 120 valence electrons. The van der Waals surface area contributed by atoms with E-state index in [4.69, 9.17) is 0 Å². The molecule has 1 aromatic heterocycles. The number of fused-ring (bicyclic) bond motifs is 1. The second kappa shape index (κ2) is 5.66. The molecule has 0 unspecified atom stereocenters. The largest absolute Gasteiger partial charge is 0.392 e. The smallest absolute Gasteiger partial charge is 0.227 e. The molecule has 2 aromatic rings. The van der Waals surface area contributed by atoms with Gasteiger partial charge in [-0.1, -0.05) is 39.0 Å². The highest BCUT2D eigenvalue weighted by Gasteiger charge is 2.21. The van der Waals surface area contributed by atoms with Gasteiger partial charge >= 0.3 is 0 Å². The van der Waals surface area contributed by atoms with E-state index < -0.39 is 0 Å². The standard InChI is InChI=1S/C18H21N3O2/c1-18(2,3)10-15(23)20-17-19-14-9-4-6-12(11-22)16(14)21(17)13-7-5-8-13/h4-9,22H,10-11H2,1-3H3,(H,19,20,23). The van der Waals surface area contributed by atoms with E-state index in [9.17, 15) is 9.90 Å². The number of para-hydroxylation sites is 1. The maximum absolute atomic E-state index is 12.3. The molecular formula is C18H21N3O2. The van der Waals surface area contributed by atoms with Crippen LogP contribution in [-0.2, 0) is 11.4 Å². The minimum Gasteiger partial charge on any atom is -0.392 e. The number of imidazole rings is 1. The number of nitrogens with zero attached hydrogens (tertiary/aromatic N) is 2. The Labute approximate surface area is 135 Å². The second-order valence-corrected chi connectivity index (χ2v) is 6.95. The van der Waals surface area contributed by atoms with Crippen LogP contribution in [0.4, 0.5) is 5.95 Å². The molecule has 5 nitrogen and oxygen atoms in total. The van der Waals surface area contributed by atoms with Crippen LogP contribution >= 0.6 is 0 Å². The van der Waals surface area contributed by atoms with E-state index in [-0.39, 0.29) is 17.9 Å². The van der Waals surface area contributed by atoms with E-state index >= 15 is 0 Å². The summed E-state index contributed by atoms with van der Waals surface area (Å²) in [5, 5.41) is 12.5. The Hall–Kier alpha value is -2.40. The minimum atomic E-state index is -0.0904. The molecule has 5 heteroatoms. The maximum Gasteiger partial charge on any atom is 0.227 e. The molecule has 23 heavy (non-hydrogen) atoms. The van der Waals surface area contributed by atoms with Crippen molar-refractivity contribution in [2.24, 2.45) is 5.41 Å². The average Bonchev–Trinajstić information content (AvgIpc) is 2.73. The molecular weight excluding hydrogens is 290 g/mol. The number of aliphatic hydroxyl groups excluding tert-OH is 1. The van der Waals surface area contributed by atoms with Crippen LogP contribution in [0.3, 0.4) is 0 Å². The minimum absolute atomic E-state index is 0.0662. The lowest BCUT2D eigenvalue weighted by Gasteiger charge is -2.18. The lowest BCUT2D eigenvalue weighted by Crippen LogP contribution is -2.21. The summed E-state index contributed by atoms with van der Waals surface area (Å²) in [4.78, 5) is 16.8. The van der Waals surface area contributed by atoms with Crippen LogP contribution < -0.4 is 5.32 Å². The van der Waals surface area contributed by atoms with Crippen LogP contribution in [0.15, 0.2) is 36.4 Å². The van der Waals surface area contributed by atoms with Gasteiger partial charge in [-0.15, -0.1) is 0 Å². The molecule has 1 aromatic carbocycles. The highest BCUT2D eigenvalue weighted by molar-refractivity contribution is 5.95. The second-order valence-electron chi connectivity index (χ2n) is 6.95. The molecule has 3 rings (SSSR count). The third kappa shape index (κ3) is 3.05. The quantitative estimate of drug-likeness (QED) is 0.910. The molecule has 0 spiro atoms. The van der Waals surface area contributed by atoms with Gasteiger partial charge in [-0.3, -0.25) is 14.7 Å². The van der Waals surface area contributed by atoms with E-state index in [0.29, 0.717) is 12.4 Å². The van der Waals surface area contributed by atoms with E-state index in [1.54, 1.807) is 0 Å². The SMILES string of the molecule is CC(C)(C)CC(=O)Nc1nc2cccc(CO)c2n1C1=CC=C1. The lowest BCUT2D eigenvalue weighted by molar-refractivity contribution is -0.117. The molecule has 1 aliphatic carbocycles. The zero-order valence-corrected chi connectivity index (χ0v) is 13.6. The van der Waals surface area contributed by atoms with Crippen molar-refractivity contribution in [3.63, 3.8) is 0 Å². The number of aliphatic hydroxyl groups is 1.